The second-order valence-electron chi connectivity index (χ2n) is 4.04. The van der Waals surface area contributed by atoms with E-state index in [1.165, 1.54) is 6.26 Å². The number of aromatic nitrogens is 1. The van der Waals surface area contributed by atoms with Gasteiger partial charge in [-0.05, 0) is 42.8 Å². The molecule has 5 nitrogen and oxygen atoms in total. The zero-order chi connectivity index (χ0) is 13.3. The normalized spacial score (nSPS) is 12.4. The van der Waals surface area contributed by atoms with E-state index in [0.29, 0.717) is 16.0 Å². The van der Waals surface area contributed by atoms with E-state index in [1.54, 1.807) is 6.07 Å². The number of rotatable bonds is 3. The molecule has 96 valence electrons. The molecule has 0 saturated carbocycles. The Kier molecular flexibility index (Phi) is 3.56. The molecule has 0 aliphatic carbocycles. The molecule has 2 aromatic rings. The number of hydrogen-bond donors (Lipinski definition) is 1. The van der Waals surface area contributed by atoms with E-state index in [1.807, 2.05) is 20.8 Å². The fourth-order valence-electron chi connectivity index (χ4n) is 1.91. The van der Waals surface area contributed by atoms with Crippen molar-refractivity contribution in [2.24, 2.45) is 0 Å². The molecule has 1 N–H and O–H groups in total. The van der Waals surface area contributed by atoms with Gasteiger partial charge in [0.25, 0.3) is 5.91 Å². The zero-order valence-electron chi connectivity index (χ0n) is 10.3. The van der Waals surface area contributed by atoms with Gasteiger partial charge in [0.2, 0.25) is 0 Å². The molecule has 6 heteroatoms. The molecule has 0 aromatic carbocycles. The first-order valence-electron chi connectivity index (χ1n) is 5.47. The molecule has 0 fully saturated rings. The largest absolute Gasteiger partial charge is 0.457 e. The first kappa shape index (κ1) is 12.9. The monoisotopic (exact) mass is 312 g/mol. The SMILES string of the molecule is Cc1noc(C)c1C(C)NC(=O)c1ccoc1Br. The number of nitrogens with one attached hydrogen (secondary N) is 1. The average Bonchev–Trinajstić information content (AvgIpc) is 2.85. The maximum atomic E-state index is 12.0. The Bertz CT molecular complexity index is 554. The maximum Gasteiger partial charge on any atom is 0.256 e. The van der Waals surface area contributed by atoms with Gasteiger partial charge in [0.05, 0.1) is 23.6 Å². The van der Waals surface area contributed by atoms with Crippen molar-refractivity contribution in [2.75, 3.05) is 0 Å². The van der Waals surface area contributed by atoms with Crippen molar-refractivity contribution in [1.29, 1.82) is 0 Å². The minimum absolute atomic E-state index is 0.175. The summed E-state index contributed by atoms with van der Waals surface area (Å²) in [5.74, 6) is 0.509. The van der Waals surface area contributed by atoms with Crippen LogP contribution >= 0.6 is 15.9 Å². The van der Waals surface area contributed by atoms with Crippen LogP contribution < -0.4 is 5.32 Å². The highest BCUT2D eigenvalue weighted by Gasteiger charge is 2.20. The van der Waals surface area contributed by atoms with Crippen LogP contribution in [0.4, 0.5) is 0 Å². The first-order chi connectivity index (χ1) is 8.50. The third kappa shape index (κ3) is 2.33. The summed E-state index contributed by atoms with van der Waals surface area (Å²) in [6.45, 7) is 5.56. The highest BCUT2D eigenvalue weighted by molar-refractivity contribution is 9.10. The van der Waals surface area contributed by atoms with Gasteiger partial charge < -0.3 is 14.3 Å². The Labute approximate surface area is 113 Å². The number of furan rings is 1. The van der Waals surface area contributed by atoms with E-state index in [0.717, 1.165) is 11.3 Å². The third-order valence-corrected chi connectivity index (χ3v) is 3.35. The van der Waals surface area contributed by atoms with E-state index in [2.05, 4.69) is 26.4 Å². The molecule has 0 aliphatic heterocycles. The quantitative estimate of drug-likeness (QED) is 0.945. The fourth-order valence-corrected chi connectivity index (χ4v) is 2.33. The minimum Gasteiger partial charge on any atom is -0.457 e. The van der Waals surface area contributed by atoms with Gasteiger partial charge in [-0.25, -0.2) is 0 Å². The average molecular weight is 313 g/mol. The van der Waals surface area contributed by atoms with E-state index < -0.39 is 0 Å². The molecule has 0 aliphatic rings. The van der Waals surface area contributed by atoms with Crippen molar-refractivity contribution in [2.45, 2.75) is 26.8 Å². The number of hydrogen-bond acceptors (Lipinski definition) is 4. The van der Waals surface area contributed by atoms with Crippen molar-refractivity contribution >= 4 is 21.8 Å². The van der Waals surface area contributed by atoms with Gasteiger partial charge >= 0.3 is 0 Å². The predicted molar refractivity (Wildman–Crippen MR) is 68.3 cm³/mol. The van der Waals surface area contributed by atoms with Crippen LogP contribution in [0.3, 0.4) is 0 Å². The van der Waals surface area contributed by atoms with Gasteiger partial charge in [-0.15, -0.1) is 0 Å². The van der Waals surface area contributed by atoms with Gasteiger partial charge in [-0.1, -0.05) is 5.16 Å². The van der Waals surface area contributed by atoms with Crippen molar-refractivity contribution in [3.8, 4) is 0 Å². The van der Waals surface area contributed by atoms with Crippen LogP contribution in [0.5, 0.6) is 0 Å². The summed E-state index contributed by atoms with van der Waals surface area (Å²) in [5.41, 5.74) is 2.16. The van der Waals surface area contributed by atoms with Gasteiger partial charge in [-0.3, -0.25) is 4.79 Å². The summed E-state index contributed by atoms with van der Waals surface area (Å²) in [6.07, 6.45) is 1.46. The van der Waals surface area contributed by atoms with E-state index in [-0.39, 0.29) is 11.9 Å². The molecule has 2 heterocycles. The Morgan fingerprint density at radius 2 is 2.22 bits per heavy atom. The Balaban J connectivity index is 2.16. The molecule has 1 unspecified atom stereocenters. The van der Waals surface area contributed by atoms with Crippen LogP contribution in [0.25, 0.3) is 0 Å². The van der Waals surface area contributed by atoms with Crippen LogP contribution in [-0.4, -0.2) is 11.1 Å². The molecule has 18 heavy (non-hydrogen) atoms. The van der Waals surface area contributed by atoms with Crippen LogP contribution in [0.2, 0.25) is 0 Å². The highest BCUT2D eigenvalue weighted by Crippen LogP contribution is 2.23. The second-order valence-corrected chi connectivity index (χ2v) is 4.76. The van der Waals surface area contributed by atoms with Gasteiger partial charge in [-0.2, -0.15) is 0 Å². The number of amides is 1. The summed E-state index contributed by atoms with van der Waals surface area (Å²) >= 11 is 3.18. The molecule has 0 saturated heterocycles. The van der Waals surface area contributed by atoms with Crippen molar-refractivity contribution in [3.63, 3.8) is 0 Å². The summed E-state index contributed by atoms with van der Waals surface area (Å²) in [4.78, 5) is 12.0. The molecule has 0 radical (unpaired) electrons. The Morgan fingerprint density at radius 3 is 2.72 bits per heavy atom. The number of halogens is 1. The van der Waals surface area contributed by atoms with E-state index >= 15 is 0 Å². The third-order valence-electron chi connectivity index (χ3n) is 2.73. The lowest BCUT2D eigenvalue weighted by atomic mass is 10.1. The lowest BCUT2D eigenvalue weighted by Gasteiger charge is -2.13. The summed E-state index contributed by atoms with van der Waals surface area (Å²) < 4.78 is 10.5. The highest BCUT2D eigenvalue weighted by atomic mass is 79.9. The predicted octanol–water partition coefficient (Wildman–Crippen LogP) is 3.14. The van der Waals surface area contributed by atoms with E-state index in [4.69, 9.17) is 8.94 Å². The molecule has 1 amide bonds. The first-order valence-corrected chi connectivity index (χ1v) is 6.26. The molecule has 0 spiro atoms. The molecule has 2 aromatic heterocycles. The van der Waals surface area contributed by atoms with Crippen LogP contribution in [0.15, 0.2) is 25.9 Å². The Morgan fingerprint density at radius 1 is 1.50 bits per heavy atom. The lowest BCUT2D eigenvalue weighted by molar-refractivity contribution is 0.0938. The van der Waals surface area contributed by atoms with Gasteiger partial charge in [0, 0.05) is 5.56 Å². The lowest BCUT2D eigenvalue weighted by Crippen LogP contribution is -2.27. The summed E-state index contributed by atoms with van der Waals surface area (Å²) in [6, 6.07) is 1.44. The molecular formula is C12H13BrN2O3. The summed E-state index contributed by atoms with van der Waals surface area (Å²) in [5, 5.41) is 6.75. The zero-order valence-corrected chi connectivity index (χ0v) is 11.9. The van der Waals surface area contributed by atoms with Crippen LogP contribution in [0, 0.1) is 13.8 Å². The maximum absolute atomic E-state index is 12.0. The van der Waals surface area contributed by atoms with Crippen LogP contribution in [-0.2, 0) is 0 Å². The number of carbonyl (C=O) groups excluding carboxylic acids is 1. The van der Waals surface area contributed by atoms with Crippen molar-refractivity contribution in [1.82, 2.24) is 10.5 Å². The number of aryl methyl sites for hydroxylation is 2. The topological polar surface area (TPSA) is 68.3 Å². The molecule has 0 bridgehead atoms. The summed E-state index contributed by atoms with van der Waals surface area (Å²) in [7, 11) is 0. The fraction of sp³-hybridized carbons (Fsp3) is 0.333. The standard InChI is InChI=1S/C12H13BrN2O3/c1-6(10-7(2)15-18-8(10)3)14-12(16)9-4-5-17-11(9)13/h4-6H,1-3H3,(H,14,16). The smallest absolute Gasteiger partial charge is 0.256 e. The second kappa shape index (κ2) is 4.97. The van der Waals surface area contributed by atoms with Gasteiger partial charge in [0.1, 0.15) is 5.76 Å². The van der Waals surface area contributed by atoms with Crippen molar-refractivity contribution in [3.05, 3.63) is 39.6 Å². The molecule has 1 atom stereocenters. The van der Waals surface area contributed by atoms with Gasteiger partial charge in [0.15, 0.2) is 4.67 Å². The molecular weight excluding hydrogens is 300 g/mol. The minimum atomic E-state index is -0.205. The Hall–Kier alpha value is -1.56. The van der Waals surface area contributed by atoms with Crippen LogP contribution in [0.1, 0.15) is 40.3 Å². The van der Waals surface area contributed by atoms with E-state index in [9.17, 15) is 4.79 Å². The molecule has 2 rings (SSSR count). The number of carbonyl (C=O) groups is 1. The number of nitrogens with zero attached hydrogens (tertiary/aromatic N) is 1. The van der Waals surface area contributed by atoms with Crippen molar-refractivity contribution < 1.29 is 13.7 Å².